The zero-order valence-electron chi connectivity index (χ0n) is 12.3. The van der Waals surface area contributed by atoms with E-state index in [9.17, 15) is 18.0 Å². The van der Waals surface area contributed by atoms with Crippen molar-refractivity contribution in [1.82, 2.24) is 9.97 Å². The summed E-state index contributed by atoms with van der Waals surface area (Å²) >= 11 is 1.12. The highest BCUT2D eigenvalue weighted by Crippen LogP contribution is 2.33. The fourth-order valence-electron chi connectivity index (χ4n) is 2.07. The lowest BCUT2D eigenvalue weighted by Crippen LogP contribution is -2.13. The molecular weight excluding hydrogens is 341 g/mol. The third kappa shape index (κ3) is 3.02. The van der Waals surface area contributed by atoms with Crippen molar-refractivity contribution in [3.8, 4) is 0 Å². The Morgan fingerprint density at radius 3 is 2.62 bits per heavy atom. The summed E-state index contributed by atoms with van der Waals surface area (Å²) in [5.41, 5.74) is 6.15. The number of fused-ring (bicyclic) bond motifs is 1. The minimum absolute atomic E-state index is 0.00833. The van der Waals surface area contributed by atoms with Crippen LogP contribution < -0.4 is 11.1 Å². The molecule has 0 saturated carbocycles. The van der Waals surface area contributed by atoms with Crippen molar-refractivity contribution >= 4 is 39.0 Å². The molecule has 5 nitrogen and oxygen atoms in total. The number of carbonyl (C=O) groups is 1. The molecule has 3 rings (SSSR count). The number of amides is 1. The number of rotatable bonds is 2. The second-order valence-electron chi connectivity index (χ2n) is 5.03. The molecule has 0 spiro atoms. The summed E-state index contributed by atoms with van der Waals surface area (Å²) in [5.74, 6) is -0.533. The van der Waals surface area contributed by atoms with E-state index in [0.717, 1.165) is 29.2 Å². The van der Waals surface area contributed by atoms with Gasteiger partial charge in [0.25, 0.3) is 5.91 Å². The number of thiophene rings is 1. The number of nitrogens with two attached hydrogens (primary N) is 1. The van der Waals surface area contributed by atoms with E-state index in [1.165, 1.54) is 0 Å². The van der Waals surface area contributed by atoms with Crippen LogP contribution in [0.15, 0.2) is 30.5 Å². The third-order valence-electron chi connectivity index (χ3n) is 3.27. The number of aromatic nitrogens is 2. The van der Waals surface area contributed by atoms with E-state index in [1.807, 2.05) is 6.92 Å². The van der Waals surface area contributed by atoms with Gasteiger partial charge in [-0.2, -0.15) is 13.2 Å². The van der Waals surface area contributed by atoms with Crippen LogP contribution in [0.25, 0.3) is 10.2 Å². The Labute approximate surface area is 138 Å². The Bertz CT molecular complexity index is 919. The Balaban J connectivity index is 1.86. The lowest BCUT2D eigenvalue weighted by atomic mass is 10.2. The summed E-state index contributed by atoms with van der Waals surface area (Å²) in [6, 6.07) is 5.50. The summed E-state index contributed by atoms with van der Waals surface area (Å²) in [7, 11) is 0. The Kier molecular flexibility index (Phi) is 3.88. The van der Waals surface area contributed by atoms with Gasteiger partial charge in [-0.25, -0.2) is 9.97 Å². The minimum Gasteiger partial charge on any atom is -0.397 e. The summed E-state index contributed by atoms with van der Waals surface area (Å²) in [5, 5.41) is 3.10. The Morgan fingerprint density at radius 2 is 2.00 bits per heavy atom. The maximum absolute atomic E-state index is 12.5. The quantitative estimate of drug-likeness (QED) is 0.734. The van der Waals surface area contributed by atoms with Crippen molar-refractivity contribution < 1.29 is 18.0 Å². The van der Waals surface area contributed by atoms with Gasteiger partial charge in [0.15, 0.2) is 0 Å². The van der Waals surface area contributed by atoms with Crippen LogP contribution in [-0.2, 0) is 6.18 Å². The lowest BCUT2D eigenvalue weighted by molar-refractivity contribution is -0.137. The number of pyridine rings is 2. The van der Waals surface area contributed by atoms with Gasteiger partial charge < -0.3 is 11.1 Å². The highest BCUT2D eigenvalue weighted by molar-refractivity contribution is 7.21. The topological polar surface area (TPSA) is 80.9 Å². The minimum atomic E-state index is -4.48. The van der Waals surface area contributed by atoms with Crippen LogP contribution >= 0.6 is 11.3 Å². The van der Waals surface area contributed by atoms with Crippen molar-refractivity contribution in [2.45, 2.75) is 13.1 Å². The van der Waals surface area contributed by atoms with E-state index in [4.69, 9.17) is 5.73 Å². The SMILES string of the molecule is Cc1ccc2c(N)c(C(=O)Nc3ccc(C(F)(F)F)cn3)sc2n1. The van der Waals surface area contributed by atoms with Crippen molar-refractivity contribution in [2.75, 3.05) is 11.1 Å². The molecule has 3 aromatic heterocycles. The first kappa shape index (κ1) is 16.2. The Morgan fingerprint density at radius 1 is 1.25 bits per heavy atom. The number of nitrogens with zero attached hydrogens (tertiary/aromatic N) is 2. The number of anilines is 2. The maximum Gasteiger partial charge on any atom is 0.417 e. The second-order valence-corrected chi connectivity index (χ2v) is 6.03. The summed E-state index contributed by atoms with van der Waals surface area (Å²) in [4.78, 5) is 21.1. The zero-order valence-corrected chi connectivity index (χ0v) is 13.1. The van der Waals surface area contributed by atoms with Crippen LogP contribution in [0.5, 0.6) is 0 Å². The highest BCUT2D eigenvalue weighted by Gasteiger charge is 2.30. The average Bonchev–Trinajstić information content (AvgIpc) is 2.83. The van der Waals surface area contributed by atoms with E-state index >= 15 is 0 Å². The lowest BCUT2D eigenvalue weighted by Gasteiger charge is -2.07. The number of hydrogen-bond donors (Lipinski definition) is 2. The molecule has 3 aromatic rings. The van der Waals surface area contributed by atoms with Crippen LogP contribution in [0.2, 0.25) is 0 Å². The molecule has 0 radical (unpaired) electrons. The zero-order chi connectivity index (χ0) is 17.5. The van der Waals surface area contributed by atoms with Gasteiger partial charge in [0.2, 0.25) is 0 Å². The molecule has 0 fully saturated rings. The fourth-order valence-corrected chi connectivity index (χ4v) is 3.10. The van der Waals surface area contributed by atoms with Crippen molar-refractivity contribution in [3.63, 3.8) is 0 Å². The van der Waals surface area contributed by atoms with Crippen molar-refractivity contribution in [1.29, 1.82) is 0 Å². The molecule has 9 heteroatoms. The molecule has 3 N–H and O–H groups in total. The Hall–Kier alpha value is -2.68. The van der Waals surface area contributed by atoms with Gasteiger partial charge in [-0.1, -0.05) is 0 Å². The van der Waals surface area contributed by atoms with Crippen molar-refractivity contribution in [3.05, 3.63) is 46.6 Å². The summed E-state index contributed by atoms with van der Waals surface area (Å²) in [6.07, 6.45) is -3.82. The first-order valence-corrected chi connectivity index (χ1v) is 7.57. The number of hydrogen-bond acceptors (Lipinski definition) is 5. The standard InChI is InChI=1S/C15H11F3N4OS/c1-7-2-4-9-11(19)12(24-14(9)21-7)13(23)22-10-5-3-8(6-20-10)15(16,17)18/h2-6H,19H2,1H3,(H,20,22,23). The smallest absolute Gasteiger partial charge is 0.397 e. The van der Waals surface area contributed by atoms with E-state index in [2.05, 4.69) is 15.3 Å². The molecule has 0 aliphatic heterocycles. The number of nitrogens with one attached hydrogen (secondary N) is 1. The predicted molar refractivity (Wildman–Crippen MR) is 86.0 cm³/mol. The van der Waals surface area contributed by atoms with Gasteiger partial charge in [0.1, 0.15) is 15.5 Å². The van der Waals surface area contributed by atoms with Crippen LogP contribution in [0.1, 0.15) is 20.9 Å². The molecule has 0 aliphatic carbocycles. The normalized spacial score (nSPS) is 11.7. The van der Waals surface area contributed by atoms with Gasteiger partial charge in [-0.15, -0.1) is 11.3 Å². The van der Waals surface area contributed by atoms with Gasteiger partial charge >= 0.3 is 6.18 Å². The number of alkyl halides is 3. The molecular formula is C15H11F3N4OS. The van der Waals surface area contributed by atoms with E-state index in [1.54, 1.807) is 12.1 Å². The van der Waals surface area contributed by atoms with Crippen LogP contribution in [0.3, 0.4) is 0 Å². The molecule has 124 valence electrons. The maximum atomic E-state index is 12.5. The number of aryl methyl sites for hydroxylation is 1. The predicted octanol–water partition coefficient (Wildman–Crippen LogP) is 3.85. The average molecular weight is 352 g/mol. The van der Waals surface area contributed by atoms with Gasteiger partial charge in [-0.05, 0) is 31.2 Å². The first-order chi connectivity index (χ1) is 11.3. The first-order valence-electron chi connectivity index (χ1n) is 6.76. The third-order valence-corrected chi connectivity index (χ3v) is 4.39. The molecule has 0 atom stereocenters. The number of nitrogen functional groups attached to an aromatic ring is 1. The fraction of sp³-hybridized carbons (Fsp3) is 0.133. The second kappa shape index (κ2) is 5.75. The molecule has 1 amide bonds. The largest absolute Gasteiger partial charge is 0.417 e. The molecule has 0 aromatic carbocycles. The molecule has 0 saturated heterocycles. The van der Waals surface area contributed by atoms with Crippen LogP contribution in [-0.4, -0.2) is 15.9 Å². The summed E-state index contributed by atoms with van der Waals surface area (Å²) in [6.45, 7) is 1.82. The molecule has 0 aliphatic rings. The van der Waals surface area contributed by atoms with Crippen molar-refractivity contribution in [2.24, 2.45) is 0 Å². The highest BCUT2D eigenvalue weighted by atomic mass is 32.1. The van der Waals surface area contributed by atoms with E-state index in [-0.39, 0.29) is 16.4 Å². The van der Waals surface area contributed by atoms with E-state index < -0.39 is 17.6 Å². The molecule has 0 unspecified atom stereocenters. The van der Waals surface area contributed by atoms with Gasteiger partial charge in [0, 0.05) is 17.3 Å². The molecule has 3 heterocycles. The van der Waals surface area contributed by atoms with Crippen LogP contribution in [0, 0.1) is 6.92 Å². The van der Waals surface area contributed by atoms with E-state index in [0.29, 0.717) is 16.4 Å². The molecule has 24 heavy (non-hydrogen) atoms. The number of carbonyl (C=O) groups excluding carboxylic acids is 1. The number of halogens is 3. The van der Waals surface area contributed by atoms with Gasteiger partial charge in [-0.3, -0.25) is 4.79 Å². The van der Waals surface area contributed by atoms with Gasteiger partial charge in [0.05, 0.1) is 11.3 Å². The molecule has 0 bridgehead atoms. The summed E-state index contributed by atoms with van der Waals surface area (Å²) < 4.78 is 37.5. The van der Waals surface area contributed by atoms with Crippen LogP contribution in [0.4, 0.5) is 24.7 Å². The monoisotopic (exact) mass is 352 g/mol.